The maximum Gasteiger partial charge on any atom is 0.248 e. The highest BCUT2D eigenvalue weighted by Gasteiger charge is 2.18. The van der Waals surface area contributed by atoms with Crippen LogP contribution in [-0.4, -0.2) is 47.4 Å². The quantitative estimate of drug-likeness (QED) is 0.378. The summed E-state index contributed by atoms with van der Waals surface area (Å²) < 4.78 is 32.6. The van der Waals surface area contributed by atoms with E-state index < -0.39 is 11.7 Å². The first kappa shape index (κ1) is 23.6. The maximum atomic E-state index is 14.6. The molecule has 1 fully saturated rings. The Hall–Kier alpha value is -4.18. The molecule has 0 saturated carbocycles. The highest BCUT2D eigenvalue weighted by atomic mass is 19.1. The Morgan fingerprint density at radius 2 is 1.97 bits per heavy atom. The minimum Gasteiger partial charge on any atom is -0.497 e. The number of aromatic nitrogens is 3. The number of nitrogens with two attached hydrogens (primary N) is 1. The Balaban J connectivity index is 1.52. The molecule has 0 spiro atoms. The van der Waals surface area contributed by atoms with Crippen LogP contribution in [0.5, 0.6) is 17.4 Å². The monoisotopic (exact) mass is 491 g/mol. The van der Waals surface area contributed by atoms with Crippen molar-refractivity contribution in [3.8, 4) is 28.6 Å². The van der Waals surface area contributed by atoms with Crippen LogP contribution in [0.25, 0.3) is 16.9 Å². The number of methoxy groups -OCH3 is 1. The first-order chi connectivity index (χ1) is 17.5. The van der Waals surface area contributed by atoms with E-state index in [2.05, 4.69) is 15.4 Å². The number of benzene rings is 2. The Labute approximate surface area is 207 Å². The van der Waals surface area contributed by atoms with Crippen LogP contribution in [-0.2, 0) is 4.74 Å². The molecule has 0 atom stereocenters. The van der Waals surface area contributed by atoms with Crippen molar-refractivity contribution in [1.82, 2.24) is 14.6 Å². The van der Waals surface area contributed by atoms with Gasteiger partial charge < -0.3 is 25.3 Å². The van der Waals surface area contributed by atoms with E-state index in [-0.39, 0.29) is 11.6 Å². The van der Waals surface area contributed by atoms with Crippen LogP contribution in [0, 0.1) is 11.7 Å². The second-order valence-corrected chi connectivity index (χ2v) is 8.55. The predicted octanol–water partition coefficient (Wildman–Crippen LogP) is 4.27. The normalized spacial score (nSPS) is 14.1. The van der Waals surface area contributed by atoms with Crippen molar-refractivity contribution in [2.24, 2.45) is 11.7 Å². The number of carbonyl (C=O) groups excluding carboxylic acids is 1. The molecular formula is C26H26FN5O4. The highest BCUT2D eigenvalue weighted by Crippen LogP contribution is 2.31. The average Bonchev–Trinajstić information content (AvgIpc) is 3.33. The summed E-state index contributed by atoms with van der Waals surface area (Å²) in [6.07, 6.45) is 3.64. The maximum absolute atomic E-state index is 14.6. The fourth-order valence-electron chi connectivity index (χ4n) is 4.14. The lowest BCUT2D eigenvalue weighted by atomic mass is 10.0. The van der Waals surface area contributed by atoms with Crippen molar-refractivity contribution >= 4 is 17.2 Å². The van der Waals surface area contributed by atoms with E-state index in [0.29, 0.717) is 34.3 Å². The molecule has 0 aliphatic carbocycles. The molecule has 1 aliphatic rings. The number of imidazole rings is 1. The minimum atomic E-state index is -0.569. The van der Waals surface area contributed by atoms with Crippen molar-refractivity contribution in [2.45, 2.75) is 12.8 Å². The van der Waals surface area contributed by atoms with Gasteiger partial charge in [0.25, 0.3) is 0 Å². The van der Waals surface area contributed by atoms with Crippen LogP contribution < -0.4 is 20.5 Å². The van der Waals surface area contributed by atoms with E-state index in [0.717, 1.165) is 38.2 Å². The minimum absolute atomic E-state index is 0.0190. The van der Waals surface area contributed by atoms with Gasteiger partial charge in [0, 0.05) is 43.0 Å². The smallest absolute Gasteiger partial charge is 0.248 e. The predicted molar refractivity (Wildman–Crippen MR) is 132 cm³/mol. The summed E-state index contributed by atoms with van der Waals surface area (Å²) in [6.45, 7) is 2.23. The standard InChI is InChI=1S/C26H26FN5O4/c1-34-19-6-7-23(20(27)12-19)36-24-13-21(29-14-16-8-10-35-11-9-16)26-30-15-22(32(26)31-24)17-2-4-18(5-3-17)25(28)33/h2-7,12-13,15-16,29H,8-11,14H2,1H3,(H2,28,33). The lowest BCUT2D eigenvalue weighted by Gasteiger charge is -2.22. The van der Waals surface area contributed by atoms with Crippen molar-refractivity contribution in [3.63, 3.8) is 0 Å². The summed E-state index contributed by atoms with van der Waals surface area (Å²) in [6, 6.07) is 12.9. The third-order valence-corrected chi connectivity index (χ3v) is 6.19. The van der Waals surface area contributed by atoms with Gasteiger partial charge >= 0.3 is 0 Å². The second-order valence-electron chi connectivity index (χ2n) is 8.55. The molecule has 2 aromatic heterocycles. The average molecular weight is 492 g/mol. The molecule has 0 unspecified atom stereocenters. The molecule has 5 rings (SSSR count). The van der Waals surface area contributed by atoms with Crippen LogP contribution in [0.1, 0.15) is 23.2 Å². The molecule has 186 valence electrons. The number of ether oxygens (including phenoxy) is 3. The molecule has 1 aliphatic heterocycles. The Morgan fingerprint density at radius 3 is 2.67 bits per heavy atom. The number of nitrogens with zero attached hydrogens (tertiary/aromatic N) is 3. The van der Waals surface area contributed by atoms with Crippen LogP contribution in [0.2, 0.25) is 0 Å². The fraction of sp³-hybridized carbons (Fsp3) is 0.269. The summed E-state index contributed by atoms with van der Waals surface area (Å²) in [5.41, 5.74) is 8.53. The number of hydrogen-bond acceptors (Lipinski definition) is 7. The number of anilines is 1. The number of hydrogen-bond donors (Lipinski definition) is 2. The summed E-state index contributed by atoms with van der Waals surface area (Å²) in [4.78, 5) is 16.0. The van der Waals surface area contributed by atoms with Gasteiger partial charge in [-0.05, 0) is 43.0 Å². The summed E-state index contributed by atoms with van der Waals surface area (Å²) in [7, 11) is 1.47. The second kappa shape index (κ2) is 10.2. The molecule has 2 aromatic carbocycles. The Kier molecular flexibility index (Phi) is 6.68. The zero-order chi connectivity index (χ0) is 25.1. The van der Waals surface area contributed by atoms with Gasteiger partial charge in [-0.1, -0.05) is 12.1 Å². The molecular weight excluding hydrogens is 465 g/mol. The summed E-state index contributed by atoms with van der Waals surface area (Å²) in [5, 5.41) is 8.06. The van der Waals surface area contributed by atoms with Crippen molar-refractivity contribution in [2.75, 3.05) is 32.2 Å². The van der Waals surface area contributed by atoms with Gasteiger partial charge in [0.1, 0.15) is 5.75 Å². The van der Waals surface area contributed by atoms with E-state index in [1.807, 2.05) is 0 Å². The fourth-order valence-corrected chi connectivity index (χ4v) is 4.14. The topological polar surface area (TPSA) is 113 Å². The molecule has 3 N–H and O–H groups in total. The number of amides is 1. The number of fused-ring (bicyclic) bond motifs is 1. The molecule has 0 radical (unpaired) electrons. The first-order valence-corrected chi connectivity index (χ1v) is 11.6. The third kappa shape index (κ3) is 4.94. The van der Waals surface area contributed by atoms with Gasteiger partial charge in [0.15, 0.2) is 17.2 Å². The van der Waals surface area contributed by atoms with Crippen LogP contribution in [0.3, 0.4) is 0 Å². The zero-order valence-electron chi connectivity index (χ0n) is 19.7. The summed E-state index contributed by atoms with van der Waals surface area (Å²) in [5.74, 6) is -0.0143. The van der Waals surface area contributed by atoms with Gasteiger partial charge in [-0.3, -0.25) is 4.79 Å². The highest BCUT2D eigenvalue weighted by molar-refractivity contribution is 5.93. The van der Waals surface area contributed by atoms with E-state index in [4.69, 9.17) is 19.9 Å². The van der Waals surface area contributed by atoms with Crippen molar-refractivity contribution in [1.29, 1.82) is 0 Å². The Morgan fingerprint density at radius 1 is 1.19 bits per heavy atom. The molecule has 1 saturated heterocycles. The van der Waals surface area contributed by atoms with Crippen molar-refractivity contribution in [3.05, 3.63) is 66.1 Å². The van der Waals surface area contributed by atoms with E-state index >= 15 is 0 Å². The van der Waals surface area contributed by atoms with E-state index in [1.165, 1.54) is 19.2 Å². The molecule has 10 heteroatoms. The third-order valence-electron chi connectivity index (χ3n) is 6.19. The number of rotatable bonds is 8. The molecule has 1 amide bonds. The first-order valence-electron chi connectivity index (χ1n) is 11.6. The number of carbonyl (C=O) groups is 1. The lowest BCUT2D eigenvalue weighted by molar-refractivity contribution is 0.0699. The van der Waals surface area contributed by atoms with E-state index in [9.17, 15) is 9.18 Å². The number of halogens is 1. The Bertz CT molecular complexity index is 1380. The van der Waals surface area contributed by atoms with Crippen molar-refractivity contribution < 1.29 is 23.4 Å². The van der Waals surface area contributed by atoms with Gasteiger partial charge in [-0.15, -0.1) is 5.10 Å². The molecule has 36 heavy (non-hydrogen) atoms. The van der Waals surface area contributed by atoms with Gasteiger partial charge in [0.2, 0.25) is 11.8 Å². The van der Waals surface area contributed by atoms with Gasteiger partial charge in [-0.25, -0.2) is 13.9 Å². The van der Waals surface area contributed by atoms with Crippen LogP contribution in [0.4, 0.5) is 10.1 Å². The SMILES string of the molecule is COc1ccc(Oc2cc(NCC3CCOCC3)c3ncc(-c4ccc(C(N)=O)cc4)n3n2)c(F)c1. The molecule has 9 nitrogen and oxygen atoms in total. The van der Waals surface area contributed by atoms with E-state index in [1.54, 1.807) is 47.1 Å². The number of primary amides is 1. The van der Waals surface area contributed by atoms with Crippen LogP contribution >= 0.6 is 0 Å². The number of nitrogens with one attached hydrogen (secondary N) is 1. The zero-order valence-corrected chi connectivity index (χ0v) is 19.7. The molecule has 0 bridgehead atoms. The largest absolute Gasteiger partial charge is 0.497 e. The van der Waals surface area contributed by atoms with Gasteiger partial charge in [-0.2, -0.15) is 0 Å². The van der Waals surface area contributed by atoms with Crippen LogP contribution in [0.15, 0.2) is 54.7 Å². The van der Waals surface area contributed by atoms with Gasteiger partial charge in [0.05, 0.1) is 24.7 Å². The lowest BCUT2D eigenvalue weighted by Crippen LogP contribution is -2.23. The summed E-state index contributed by atoms with van der Waals surface area (Å²) >= 11 is 0. The molecule has 4 aromatic rings. The molecule has 3 heterocycles.